The number of aromatic nitrogens is 1. The third-order valence-corrected chi connectivity index (χ3v) is 6.17. The van der Waals surface area contributed by atoms with Crippen LogP contribution in [0.5, 0.6) is 0 Å². The van der Waals surface area contributed by atoms with Gasteiger partial charge in [0.2, 0.25) is 0 Å². The van der Waals surface area contributed by atoms with E-state index in [1.165, 1.54) is 23.1 Å². The second-order valence-electron chi connectivity index (χ2n) is 7.05. The van der Waals surface area contributed by atoms with Gasteiger partial charge in [0.1, 0.15) is 11.6 Å². The third-order valence-electron chi connectivity index (χ3n) is 5.15. The number of carbonyl (C=O) groups is 2. The van der Waals surface area contributed by atoms with Crippen LogP contribution >= 0.6 is 11.3 Å². The zero-order valence-corrected chi connectivity index (χ0v) is 16.8. The SMILES string of the molecule is O=C1C(=O)N(c2nc3ccc(F)cc3s2)C(c2ccccc2)/C1=C(\O)c1ccccc1. The first-order chi connectivity index (χ1) is 15.0. The molecule has 152 valence electrons. The van der Waals surface area contributed by atoms with Gasteiger partial charge < -0.3 is 5.11 Å². The zero-order chi connectivity index (χ0) is 21.5. The quantitative estimate of drug-likeness (QED) is 0.280. The van der Waals surface area contributed by atoms with Gasteiger partial charge in [0.05, 0.1) is 21.8 Å². The zero-order valence-electron chi connectivity index (χ0n) is 16.0. The summed E-state index contributed by atoms with van der Waals surface area (Å²) in [4.78, 5) is 31.9. The van der Waals surface area contributed by atoms with Gasteiger partial charge in [-0.25, -0.2) is 9.37 Å². The lowest BCUT2D eigenvalue weighted by atomic mass is 9.95. The Morgan fingerprint density at radius 1 is 0.968 bits per heavy atom. The van der Waals surface area contributed by atoms with E-state index in [0.717, 1.165) is 11.3 Å². The monoisotopic (exact) mass is 430 g/mol. The molecule has 5 rings (SSSR count). The number of carbonyl (C=O) groups excluding carboxylic acids is 2. The summed E-state index contributed by atoms with van der Waals surface area (Å²) in [6.45, 7) is 0. The molecule has 0 bridgehead atoms. The normalized spacial score (nSPS) is 18.1. The number of aliphatic hydroxyl groups excluding tert-OH is 1. The van der Waals surface area contributed by atoms with Crippen LogP contribution in [0.1, 0.15) is 17.2 Å². The predicted octanol–water partition coefficient (Wildman–Crippen LogP) is 5.06. The van der Waals surface area contributed by atoms with Crippen molar-refractivity contribution in [3.8, 4) is 0 Å². The van der Waals surface area contributed by atoms with Crippen LogP contribution in [0.25, 0.3) is 16.0 Å². The van der Waals surface area contributed by atoms with Crippen LogP contribution < -0.4 is 4.90 Å². The van der Waals surface area contributed by atoms with Gasteiger partial charge in [0, 0.05) is 5.56 Å². The fourth-order valence-corrected chi connectivity index (χ4v) is 4.74. The minimum absolute atomic E-state index is 0.00663. The molecule has 1 atom stereocenters. The Morgan fingerprint density at radius 2 is 1.65 bits per heavy atom. The Morgan fingerprint density at radius 3 is 2.35 bits per heavy atom. The fraction of sp³-hybridized carbons (Fsp3) is 0.0417. The number of anilines is 1. The van der Waals surface area contributed by atoms with Gasteiger partial charge in [-0.3, -0.25) is 14.5 Å². The van der Waals surface area contributed by atoms with Gasteiger partial charge in [-0.2, -0.15) is 0 Å². The maximum absolute atomic E-state index is 13.7. The van der Waals surface area contributed by atoms with E-state index in [2.05, 4.69) is 4.98 Å². The van der Waals surface area contributed by atoms with Crippen LogP contribution in [0.3, 0.4) is 0 Å². The van der Waals surface area contributed by atoms with E-state index in [0.29, 0.717) is 21.3 Å². The van der Waals surface area contributed by atoms with Crippen molar-refractivity contribution in [2.45, 2.75) is 6.04 Å². The highest BCUT2D eigenvalue weighted by Gasteiger charge is 2.48. The van der Waals surface area contributed by atoms with Gasteiger partial charge in [0.25, 0.3) is 5.78 Å². The van der Waals surface area contributed by atoms with Crippen LogP contribution in [0.2, 0.25) is 0 Å². The molecule has 1 aliphatic rings. The van der Waals surface area contributed by atoms with Crippen molar-refractivity contribution in [1.82, 2.24) is 4.98 Å². The summed E-state index contributed by atoms with van der Waals surface area (Å²) in [6, 6.07) is 20.9. The fourth-order valence-electron chi connectivity index (χ4n) is 3.72. The minimum atomic E-state index is -0.855. The Hall–Kier alpha value is -3.84. The molecule has 1 aliphatic heterocycles. The van der Waals surface area contributed by atoms with Crippen molar-refractivity contribution < 1.29 is 19.1 Å². The van der Waals surface area contributed by atoms with Crippen molar-refractivity contribution in [2.75, 3.05) is 4.90 Å². The molecule has 1 fully saturated rings. The lowest BCUT2D eigenvalue weighted by Gasteiger charge is -2.22. The number of nitrogens with zero attached hydrogens (tertiary/aromatic N) is 2. The Labute approximate surface area is 180 Å². The highest BCUT2D eigenvalue weighted by Crippen LogP contribution is 2.44. The van der Waals surface area contributed by atoms with E-state index >= 15 is 0 Å². The Bertz CT molecular complexity index is 1350. The van der Waals surface area contributed by atoms with Crippen LogP contribution in [-0.4, -0.2) is 21.8 Å². The van der Waals surface area contributed by atoms with Gasteiger partial charge in [-0.05, 0) is 23.8 Å². The largest absolute Gasteiger partial charge is 0.507 e. The predicted molar refractivity (Wildman–Crippen MR) is 117 cm³/mol. The number of benzene rings is 3. The molecule has 0 aliphatic carbocycles. The number of hydrogen-bond acceptors (Lipinski definition) is 5. The molecule has 0 radical (unpaired) electrons. The Balaban J connectivity index is 1.73. The molecule has 0 spiro atoms. The van der Waals surface area contributed by atoms with Crippen molar-refractivity contribution in [1.29, 1.82) is 0 Å². The molecule has 1 aromatic heterocycles. The van der Waals surface area contributed by atoms with Crippen LogP contribution in [0.4, 0.5) is 9.52 Å². The summed E-state index contributed by atoms with van der Waals surface area (Å²) in [5.74, 6) is -2.23. The summed E-state index contributed by atoms with van der Waals surface area (Å²) in [7, 11) is 0. The van der Waals surface area contributed by atoms with Crippen LogP contribution in [0.15, 0.2) is 84.4 Å². The van der Waals surface area contributed by atoms with Crippen molar-refractivity contribution in [3.63, 3.8) is 0 Å². The van der Waals surface area contributed by atoms with Gasteiger partial charge in [-0.1, -0.05) is 72.0 Å². The number of hydrogen-bond donors (Lipinski definition) is 1. The first-order valence-electron chi connectivity index (χ1n) is 9.52. The summed E-state index contributed by atoms with van der Waals surface area (Å²) >= 11 is 1.12. The third kappa shape index (κ3) is 3.19. The summed E-state index contributed by atoms with van der Waals surface area (Å²) < 4.78 is 14.2. The molecule has 2 heterocycles. The van der Waals surface area contributed by atoms with E-state index in [1.807, 2.05) is 6.07 Å². The molecule has 1 N–H and O–H groups in total. The van der Waals surface area contributed by atoms with E-state index in [4.69, 9.17) is 0 Å². The van der Waals surface area contributed by atoms with E-state index in [9.17, 15) is 19.1 Å². The van der Waals surface area contributed by atoms with E-state index < -0.39 is 23.5 Å². The molecular formula is C24H15FN2O3S. The number of rotatable bonds is 3. The van der Waals surface area contributed by atoms with Crippen LogP contribution in [0, 0.1) is 5.82 Å². The topological polar surface area (TPSA) is 70.5 Å². The molecule has 1 unspecified atom stereocenters. The highest BCUT2D eigenvalue weighted by atomic mass is 32.1. The minimum Gasteiger partial charge on any atom is -0.507 e. The Kier molecular flexibility index (Phi) is 4.60. The number of ketones is 1. The lowest BCUT2D eigenvalue weighted by molar-refractivity contribution is -0.132. The number of fused-ring (bicyclic) bond motifs is 1. The number of amides is 1. The molecular weight excluding hydrogens is 415 g/mol. The smallest absolute Gasteiger partial charge is 0.301 e. The second-order valence-corrected chi connectivity index (χ2v) is 8.06. The second kappa shape index (κ2) is 7.45. The molecule has 5 nitrogen and oxygen atoms in total. The van der Waals surface area contributed by atoms with E-state index in [1.54, 1.807) is 54.6 Å². The maximum atomic E-state index is 13.7. The summed E-state index contributed by atoms with van der Waals surface area (Å²) in [5.41, 5.74) is 1.61. The lowest BCUT2D eigenvalue weighted by Crippen LogP contribution is -2.29. The molecule has 4 aromatic rings. The highest BCUT2D eigenvalue weighted by molar-refractivity contribution is 7.22. The molecule has 3 aromatic carbocycles. The van der Waals surface area contributed by atoms with E-state index in [-0.39, 0.29) is 16.5 Å². The van der Waals surface area contributed by atoms with Crippen molar-refractivity contribution >= 4 is 44.1 Å². The van der Waals surface area contributed by atoms with Crippen molar-refractivity contribution in [3.05, 3.63) is 101 Å². The number of thiazole rings is 1. The summed E-state index contributed by atoms with van der Waals surface area (Å²) in [6.07, 6.45) is 0. The van der Waals surface area contributed by atoms with Crippen molar-refractivity contribution in [2.24, 2.45) is 0 Å². The molecule has 7 heteroatoms. The van der Waals surface area contributed by atoms with Gasteiger partial charge in [0.15, 0.2) is 5.13 Å². The number of Topliss-reactive ketones (excluding diaryl/α,β-unsaturated/α-hetero) is 1. The number of aliphatic hydroxyl groups is 1. The molecule has 1 amide bonds. The maximum Gasteiger partial charge on any atom is 0.301 e. The van der Waals surface area contributed by atoms with Gasteiger partial charge >= 0.3 is 5.91 Å². The molecule has 31 heavy (non-hydrogen) atoms. The first kappa shape index (κ1) is 19.1. The molecule has 1 saturated heterocycles. The summed E-state index contributed by atoms with van der Waals surface area (Å²) in [5, 5.41) is 11.3. The number of halogens is 1. The van der Waals surface area contributed by atoms with Gasteiger partial charge in [-0.15, -0.1) is 0 Å². The molecule has 0 saturated carbocycles. The average Bonchev–Trinajstić information content (AvgIpc) is 3.32. The average molecular weight is 430 g/mol. The standard InChI is InChI=1S/C24H15FN2O3S/c25-16-11-12-17-18(13-16)31-24(26-17)27-20(14-7-3-1-4-8-14)19(22(29)23(27)30)21(28)15-9-5-2-6-10-15/h1-13,20,28H/b21-19+. The van der Waals surface area contributed by atoms with Crippen LogP contribution in [-0.2, 0) is 9.59 Å². The first-order valence-corrected chi connectivity index (χ1v) is 10.3.